The predicted octanol–water partition coefficient (Wildman–Crippen LogP) is 3.44. The van der Waals surface area contributed by atoms with Crippen LogP contribution in [0.3, 0.4) is 0 Å². The molecule has 0 saturated carbocycles. The Bertz CT molecular complexity index is 396. The number of anilines is 1. The molecule has 88 valence electrons. The van der Waals surface area contributed by atoms with Crippen molar-refractivity contribution in [2.45, 2.75) is 20.8 Å². The minimum Gasteiger partial charge on any atom is -0.495 e. The van der Waals surface area contributed by atoms with Crippen molar-refractivity contribution < 1.29 is 9.53 Å². The minimum absolute atomic E-state index is 0.0341. The second-order valence-corrected chi connectivity index (χ2v) is 5.46. The van der Waals surface area contributed by atoms with E-state index in [0.29, 0.717) is 11.4 Å². The van der Waals surface area contributed by atoms with E-state index in [-0.39, 0.29) is 5.91 Å². The van der Waals surface area contributed by atoms with Crippen molar-refractivity contribution in [1.29, 1.82) is 0 Å². The summed E-state index contributed by atoms with van der Waals surface area (Å²) in [5.41, 5.74) is 0.267. The van der Waals surface area contributed by atoms with Gasteiger partial charge in [0.2, 0.25) is 5.91 Å². The quantitative estimate of drug-likeness (QED) is 0.904. The van der Waals surface area contributed by atoms with Gasteiger partial charge in [0.15, 0.2) is 0 Å². The second kappa shape index (κ2) is 4.87. The summed E-state index contributed by atoms with van der Waals surface area (Å²) in [6.45, 7) is 5.61. The van der Waals surface area contributed by atoms with Crippen LogP contribution in [0, 0.1) is 5.41 Å². The summed E-state index contributed by atoms with van der Waals surface area (Å²) < 4.78 is 6.11. The van der Waals surface area contributed by atoms with Gasteiger partial charge in [-0.3, -0.25) is 4.79 Å². The third-order valence-corrected chi connectivity index (χ3v) is 2.59. The van der Waals surface area contributed by atoms with Crippen molar-refractivity contribution in [2.24, 2.45) is 5.41 Å². The molecule has 0 radical (unpaired) electrons. The Morgan fingerprint density at radius 1 is 1.38 bits per heavy atom. The van der Waals surface area contributed by atoms with E-state index in [2.05, 4.69) is 21.2 Å². The maximum absolute atomic E-state index is 11.8. The van der Waals surface area contributed by atoms with Gasteiger partial charge in [0.05, 0.1) is 12.8 Å². The molecule has 0 heterocycles. The van der Waals surface area contributed by atoms with Crippen LogP contribution in [-0.4, -0.2) is 13.0 Å². The number of rotatable bonds is 2. The molecule has 16 heavy (non-hydrogen) atoms. The lowest BCUT2D eigenvalue weighted by Gasteiger charge is -2.19. The topological polar surface area (TPSA) is 38.3 Å². The molecule has 1 aromatic rings. The van der Waals surface area contributed by atoms with Crippen molar-refractivity contribution in [1.82, 2.24) is 0 Å². The van der Waals surface area contributed by atoms with Gasteiger partial charge in [0.25, 0.3) is 0 Å². The minimum atomic E-state index is -0.419. The van der Waals surface area contributed by atoms with Crippen molar-refractivity contribution in [2.75, 3.05) is 12.4 Å². The van der Waals surface area contributed by atoms with Crippen molar-refractivity contribution in [3.63, 3.8) is 0 Å². The monoisotopic (exact) mass is 285 g/mol. The van der Waals surface area contributed by atoms with E-state index in [1.54, 1.807) is 7.11 Å². The highest BCUT2D eigenvalue weighted by Crippen LogP contribution is 2.29. The van der Waals surface area contributed by atoms with E-state index >= 15 is 0 Å². The van der Waals surface area contributed by atoms with E-state index in [1.807, 2.05) is 39.0 Å². The normalized spacial score (nSPS) is 11.1. The van der Waals surface area contributed by atoms with Crippen LogP contribution >= 0.6 is 15.9 Å². The molecule has 0 fully saturated rings. The lowest BCUT2D eigenvalue weighted by Crippen LogP contribution is -2.27. The maximum Gasteiger partial charge on any atom is 0.229 e. The first-order chi connectivity index (χ1) is 7.34. The molecule has 1 amide bonds. The SMILES string of the molecule is COc1cc(Br)ccc1NC(=O)C(C)(C)C. The number of benzene rings is 1. The molecule has 0 atom stereocenters. The van der Waals surface area contributed by atoms with Gasteiger partial charge < -0.3 is 10.1 Å². The van der Waals surface area contributed by atoms with Crippen LogP contribution in [0.1, 0.15) is 20.8 Å². The second-order valence-electron chi connectivity index (χ2n) is 4.55. The summed E-state index contributed by atoms with van der Waals surface area (Å²) in [6, 6.07) is 5.49. The Balaban J connectivity index is 2.93. The van der Waals surface area contributed by atoms with Crippen LogP contribution in [0.15, 0.2) is 22.7 Å². The van der Waals surface area contributed by atoms with E-state index in [9.17, 15) is 4.79 Å². The van der Waals surface area contributed by atoms with Gasteiger partial charge in [-0.15, -0.1) is 0 Å². The fourth-order valence-electron chi connectivity index (χ4n) is 1.08. The van der Waals surface area contributed by atoms with Crippen molar-refractivity contribution in [3.05, 3.63) is 22.7 Å². The number of methoxy groups -OCH3 is 1. The number of amides is 1. The molecule has 1 rings (SSSR count). The Morgan fingerprint density at radius 2 is 2.00 bits per heavy atom. The van der Waals surface area contributed by atoms with Gasteiger partial charge in [0, 0.05) is 9.89 Å². The van der Waals surface area contributed by atoms with Crippen LogP contribution in [0.2, 0.25) is 0 Å². The van der Waals surface area contributed by atoms with Gasteiger partial charge >= 0.3 is 0 Å². The van der Waals surface area contributed by atoms with Gasteiger partial charge in [-0.1, -0.05) is 36.7 Å². The molecule has 0 aliphatic carbocycles. The number of nitrogens with one attached hydrogen (secondary N) is 1. The molecule has 0 unspecified atom stereocenters. The van der Waals surface area contributed by atoms with E-state index < -0.39 is 5.41 Å². The highest BCUT2D eigenvalue weighted by atomic mass is 79.9. The number of ether oxygens (including phenoxy) is 1. The number of hydrogen-bond acceptors (Lipinski definition) is 2. The van der Waals surface area contributed by atoms with Crippen LogP contribution in [-0.2, 0) is 4.79 Å². The summed E-state index contributed by atoms with van der Waals surface area (Å²) in [5, 5.41) is 2.84. The first-order valence-electron chi connectivity index (χ1n) is 4.99. The summed E-state index contributed by atoms with van der Waals surface area (Å²) in [5.74, 6) is 0.611. The van der Waals surface area contributed by atoms with E-state index in [1.165, 1.54) is 0 Å². The number of halogens is 1. The first kappa shape index (κ1) is 13.0. The predicted molar refractivity (Wildman–Crippen MR) is 68.8 cm³/mol. The molecule has 0 aliphatic rings. The van der Waals surface area contributed by atoms with E-state index in [4.69, 9.17) is 4.74 Å². The number of carbonyl (C=O) groups is 1. The Morgan fingerprint density at radius 3 is 2.50 bits per heavy atom. The van der Waals surface area contributed by atoms with Gasteiger partial charge in [-0.05, 0) is 18.2 Å². The average Bonchev–Trinajstić information content (AvgIpc) is 2.19. The summed E-state index contributed by atoms with van der Waals surface area (Å²) >= 11 is 3.35. The molecule has 0 aromatic heterocycles. The lowest BCUT2D eigenvalue weighted by atomic mass is 9.95. The molecule has 4 heteroatoms. The first-order valence-corrected chi connectivity index (χ1v) is 5.79. The zero-order chi connectivity index (χ0) is 12.3. The lowest BCUT2D eigenvalue weighted by molar-refractivity contribution is -0.123. The Labute approximate surface area is 104 Å². The number of carbonyl (C=O) groups excluding carboxylic acids is 1. The standard InChI is InChI=1S/C12H16BrNO2/c1-12(2,3)11(15)14-9-6-5-8(13)7-10(9)16-4/h5-7H,1-4H3,(H,14,15). The van der Waals surface area contributed by atoms with Crippen LogP contribution in [0.25, 0.3) is 0 Å². The summed E-state index contributed by atoms with van der Waals surface area (Å²) in [6.07, 6.45) is 0. The smallest absolute Gasteiger partial charge is 0.229 e. The third kappa shape index (κ3) is 3.23. The highest BCUT2D eigenvalue weighted by molar-refractivity contribution is 9.10. The summed E-state index contributed by atoms with van der Waals surface area (Å²) in [7, 11) is 1.58. The van der Waals surface area contributed by atoms with E-state index in [0.717, 1.165) is 4.47 Å². The number of hydrogen-bond donors (Lipinski definition) is 1. The molecule has 0 aliphatic heterocycles. The zero-order valence-corrected chi connectivity index (χ0v) is 11.5. The molecular formula is C12H16BrNO2. The fourth-order valence-corrected chi connectivity index (χ4v) is 1.42. The summed E-state index contributed by atoms with van der Waals surface area (Å²) in [4.78, 5) is 11.8. The molecule has 0 bridgehead atoms. The van der Waals surface area contributed by atoms with Gasteiger partial charge in [0.1, 0.15) is 5.75 Å². The van der Waals surface area contributed by atoms with Crippen molar-refractivity contribution >= 4 is 27.5 Å². The van der Waals surface area contributed by atoms with Crippen LogP contribution in [0.5, 0.6) is 5.75 Å². The zero-order valence-electron chi connectivity index (χ0n) is 9.93. The highest BCUT2D eigenvalue weighted by Gasteiger charge is 2.22. The largest absolute Gasteiger partial charge is 0.495 e. The molecule has 0 spiro atoms. The fraction of sp³-hybridized carbons (Fsp3) is 0.417. The Kier molecular flexibility index (Phi) is 3.97. The van der Waals surface area contributed by atoms with Crippen LogP contribution < -0.4 is 10.1 Å². The molecular weight excluding hydrogens is 270 g/mol. The Hall–Kier alpha value is -1.03. The average molecular weight is 286 g/mol. The molecule has 1 N–H and O–H groups in total. The molecule has 1 aromatic carbocycles. The molecule has 0 saturated heterocycles. The third-order valence-electron chi connectivity index (χ3n) is 2.09. The van der Waals surface area contributed by atoms with Gasteiger partial charge in [-0.2, -0.15) is 0 Å². The van der Waals surface area contributed by atoms with Crippen LogP contribution in [0.4, 0.5) is 5.69 Å². The molecule has 3 nitrogen and oxygen atoms in total. The van der Waals surface area contributed by atoms with Gasteiger partial charge in [-0.25, -0.2) is 0 Å². The van der Waals surface area contributed by atoms with Crippen molar-refractivity contribution in [3.8, 4) is 5.75 Å². The maximum atomic E-state index is 11.8.